The summed E-state index contributed by atoms with van der Waals surface area (Å²) in [5, 5.41) is 21.6. The van der Waals surface area contributed by atoms with Gasteiger partial charge in [-0.3, -0.25) is 14.5 Å². The maximum absolute atomic E-state index is 13.4. The summed E-state index contributed by atoms with van der Waals surface area (Å²) in [6.07, 6.45) is 1.66. The summed E-state index contributed by atoms with van der Waals surface area (Å²) >= 11 is 0. The number of phenolic OH excluding ortho intramolecular Hbond substituents is 1. The first kappa shape index (κ1) is 24.4. The monoisotopic (exact) mass is 499 g/mol. The number of nitrogens with zero attached hydrogens (tertiary/aromatic N) is 1. The molecule has 0 spiro atoms. The third-order valence-electron chi connectivity index (χ3n) is 6.51. The van der Waals surface area contributed by atoms with Crippen molar-refractivity contribution in [3.05, 3.63) is 89.0 Å². The molecule has 1 fully saturated rings. The second-order valence-corrected chi connectivity index (χ2v) is 9.74. The van der Waals surface area contributed by atoms with E-state index in [1.165, 1.54) is 17.0 Å². The van der Waals surface area contributed by atoms with E-state index in [0.29, 0.717) is 41.7 Å². The van der Waals surface area contributed by atoms with Gasteiger partial charge in [0.1, 0.15) is 23.0 Å². The summed E-state index contributed by atoms with van der Waals surface area (Å²) in [6, 6.07) is 17.6. The summed E-state index contributed by atoms with van der Waals surface area (Å²) < 4.78 is 11.4. The number of aryl methyl sites for hydroxylation is 1. The van der Waals surface area contributed by atoms with Crippen LogP contribution in [0.15, 0.2) is 72.3 Å². The van der Waals surface area contributed by atoms with Crippen molar-refractivity contribution in [1.82, 2.24) is 0 Å². The number of ketones is 1. The van der Waals surface area contributed by atoms with Gasteiger partial charge < -0.3 is 19.7 Å². The molecule has 1 saturated heterocycles. The van der Waals surface area contributed by atoms with Crippen LogP contribution < -0.4 is 14.4 Å². The molecule has 5 rings (SSSR count). The van der Waals surface area contributed by atoms with Crippen molar-refractivity contribution in [2.24, 2.45) is 5.92 Å². The minimum Gasteiger partial charge on any atom is -0.508 e. The fourth-order valence-electron chi connectivity index (χ4n) is 4.74. The van der Waals surface area contributed by atoms with Crippen LogP contribution in [0.4, 0.5) is 5.69 Å². The number of benzene rings is 3. The average molecular weight is 500 g/mol. The zero-order chi connectivity index (χ0) is 26.1. The minimum atomic E-state index is -0.929. The number of hydrogen-bond donors (Lipinski definition) is 2. The van der Waals surface area contributed by atoms with Gasteiger partial charge in [0.2, 0.25) is 0 Å². The van der Waals surface area contributed by atoms with Crippen molar-refractivity contribution in [3.63, 3.8) is 0 Å². The Morgan fingerprint density at radius 1 is 1.08 bits per heavy atom. The fraction of sp³-hybridized carbons (Fsp3) is 0.267. The smallest absolute Gasteiger partial charge is 0.300 e. The molecule has 2 aliphatic heterocycles. The van der Waals surface area contributed by atoms with Crippen LogP contribution in [0, 0.1) is 5.92 Å². The lowest BCUT2D eigenvalue weighted by molar-refractivity contribution is -0.132. The van der Waals surface area contributed by atoms with E-state index >= 15 is 0 Å². The van der Waals surface area contributed by atoms with E-state index in [2.05, 4.69) is 13.8 Å². The van der Waals surface area contributed by atoms with Crippen molar-refractivity contribution in [1.29, 1.82) is 0 Å². The molecule has 0 aliphatic carbocycles. The van der Waals surface area contributed by atoms with Crippen LogP contribution in [0.3, 0.4) is 0 Å². The SMILES string of the molecule is CC(C)COc1ccc(N2C(=O)C(=O)/C(=C(\O)c3ccc4c(c3)CCCO4)C2c2cccc(O)c2)cc1. The van der Waals surface area contributed by atoms with E-state index in [-0.39, 0.29) is 17.1 Å². The van der Waals surface area contributed by atoms with E-state index in [9.17, 15) is 19.8 Å². The number of amides is 1. The van der Waals surface area contributed by atoms with Gasteiger partial charge in [-0.15, -0.1) is 0 Å². The molecule has 190 valence electrons. The van der Waals surface area contributed by atoms with E-state index in [1.54, 1.807) is 54.6 Å². The highest BCUT2D eigenvalue weighted by atomic mass is 16.5. The zero-order valence-corrected chi connectivity index (χ0v) is 20.8. The number of hydrogen-bond acceptors (Lipinski definition) is 6. The predicted octanol–water partition coefficient (Wildman–Crippen LogP) is 5.38. The van der Waals surface area contributed by atoms with Crippen LogP contribution in [-0.2, 0) is 16.0 Å². The van der Waals surface area contributed by atoms with Gasteiger partial charge in [0, 0.05) is 11.3 Å². The number of carbonyl (C=O) groups excluding carboxylic acids is 2. The Morgan fingerprint density at radius 3 is 2.59 bits per heavy atom. The molecule has 0 bridgehead atoms. The van der Waals surface area contributed by atoms with Crippen LogP contribution in [0.25, 0.3) is 5.76 Å². The third-order valence-corrected chi connectivity index (χ3v) is 6.51. The lowest BCUT2D eigenvalue weighted by atomic mass is 9.93. The number of carbonyl (C=O) groups is 2. The molecule has 3 aromatic rings. The van der Waals surface area contributed by atoms with Crippen molar-refractivity contribution in [2.75, 3.05) is 18.1 Å². The molecule has 1 unspecified atom stereocenters. The standard InChI is InChI=1S/C30H29NO6/c1-18(2)17-37-24-11-9-22(10-12-24)31-27(20-5-3-7-23(32)16-20)26(29(34)30(31)35)28(33)21-8-13-25-19(15-21)6-4-14-36-25/h3,5,7-13,15-16,18,27,32-33H,4,6,14,17H2,1-2H3/b28-26-. The molecule has 3 aromatic carbocycles. The average Bonchev–Trinajstić information content (AvgIpc) is 3.17. The molecule has 0 saturated carbocycles. The molecule has 7 heteroatoms. The van der Waals surface area contributed by atoms with Crippen LogP contribution in [0.1, 0.15) is 43.0 Å². The number of rotatable bonds is 6. The van der Waals surface area contributed by atoms with Crippen LogP contribution in [-0.4, -0.2) is 35.1 Å². The highest BCUT2D eigenvalue weighted by Crippen LogP contribution is 2.43. The molecule has 37 heavy (non-hydrogen) atoms. The first-order chi connectivity index (χ1) is 17.8. The number of fused-ring (bicyclic) bond motifs is 1. The Morgan fingerprint density at radius 2 is 1.86 bits per heavy atom. The molecule has 0 aromatic heterocycles. The molecule has 1 amide bonds. The number of phenols is 1. The minimum absolute atomic E-state index is 0.00792. The van der Waals surface area contributed by atoms with Crippen LogP contribution >= 0.6 is 0 Å². The van der Waals surface area contributed by atoms with Crippen LogP contribution in [0.2, 0.25) is 0 Å². The van der Waals surface area contributed by atoms with Crippen molar-refractivity contribution in [3.8, 4) is 17.2 Å². The second-order valence-electron chi connectivity index (χ2n) is 9.74. The molecule has 1 atom stereocenters. The number of aliphatic hydroxyl groups excluding tert-OH is 1. The van der Waals surface area contributed by atoms with Crippen molar-refractivity contribution in [2.45, 2.75) is 32.7 Å². The topological polar surface area (TPSA) is 96.3 Å². The van der Waals surface area contributed by atoms with E-state index in [4.69, 9.17) is 9.47 Å². The molecular weight excluding hydrogens is 470 g/mol. The molecule has 2 aliphatic rings. The summed E-state index contributed by atoms with van der Waals surface area (Å²) in [4.78, 5) is 28.1. The van der Waals surface area contributed by atoms with Crippen molar-refractivity contribution < 1.29 is 29.3 Å². The van der Waals surface area contributed by atoms with Gasteiger partial charge >= 0.3 is 0 Å². The fourth-order valence-corrected chi connectivity index (χ4v) is 4.74. The Kier molecular flexibility index (Phi) is 6.61. The van der Waals surface area contributed by atoms with E-state index in [0.717, 1.165) is 24.2 Å². The van der Waals surface area contributed by atoms with E-state index in [1.807, 2.05) is 0 Å². The van der Waals surface area contributed by atoms with E-state index < -0.39 is 17.7 Å². The quantitative estimate of drug-likeness (QED) is 0.269. The maximum atomic E-state index is 13.4. The van der Waals surface area contributed by atoms with Gasteiger partial charge in [-0.05, 0) is 84.5 Å². The summed E-state index contributed by atoms with van der Waals surface area (Å²) in [5.74, 6) is -0.0527. The van der Waals surface area contributed by atoms with Gasteiger partial charge in [0.25, 0.3) is 11.7 Å². The molecular formula is C30H29NO6. The maximum Gasteiger partial charge on any atom is 0.300 e. The molecule has 7 nitrogen and oxygen atoms in total. The highest BCUT2D eigenvalue weighted by Gasteiger charge is 2.47. The summed E-state index contributed by atoms with van der Waals surface area (Å²) in [7, 11) is 0. The van der Waals surface area contributed by atoms with Gasteiger partial charge in [-0.25, -0.2) is 0 Å². The Labute approximate surface area is 215 Å². The largest absolute Gasteiger partial charge is 0.508 e. The zero-order valence-electron chi connectivity index (χ0n) is 20.8. The lowest BCUT2D eigenvalue weighted by Crippen LogP contribution is -2.29. The number of aliphatic hydroxyl groups is 1. The number of anilines is 1. The van der Waals surface area contributed by atoms with Crippen LogP contribution in [0.5, 0.6) is 17.2 Å². The van der Waals surface area contributed by atoms with Gasteiger partial charge in [0.15, 0.2) is 0 Å². The van der Waals surface area contributed by atoms with Gasteiger partial charge in [0.05, 0.1) is 24.8 Å². The van der Waals surface area contributed by atoms with Gasteiger partial charge in [-0.1, -0.05) is 26.0 Å². The predicted molar refractivity (Wildman–Crippen MR) is 140 cm³/mol. The normalized spacial score (nSPS) is 18.6. The Bertz CT molecular complexity index is 1380. The van der Waals surface area contributed by atoms with Crippen molar-refractivity contribution >= 4 is 23.1 Å². The number of ether oxygens (including phenoxy) is 2. The Balaban J connectivity index is 1.60. The first-order valence-corrected chi connectivity index (χ1v) is 12.4. The van der Waals surface area contributed by atoms with Gasteiger partial charge in [-0.2, -0.15) is 0 Å². The third kappa shape index (κ3) is 4.77. The Hall–Kier alpha value is -4.26. The molecule has 2 heterocycles. The molecule has 2 N–H and O–H groups in total. The number of aromatic hydroxyl groups is 1. The summed E-state index contributed by atoms with van der Waals surface area (Å²) in [6.45, 7) is 5.30. The first-order valence-electron chi connectivity index (χ1n) is 12.4. The molecule has 0 radical (unpaired) electrons. The lowest BCUT2D eigenvalue weighted by Gasteiger charge is -2.26. The highest BCUT2D eigenvalue weighted by molar-refractivity contribution is 6.51. The number of Topliss-reactive ketones (excluding diaryl/α,β-unsaturated/α-hetero) is 1. The summed E-state index contributed by atoms with van der Waals surface area (Å²) in [5.41, 5.74) is 2.32. The second kappa shape index (κ2) is 10.0.